The molecule has 0 aliphatic heterocycles. The lowest BCUT2D eigenvalue weighted by atomic mass is 10.2. The summed E-state index contributed by atoms with van der Waals surface area (Å²) in [5.74, 6) is -0.544. The summed E-state index contributed by atoms with van der Waals surface area (Å²) >= 11 is 1.10. The second kappa shape index (κ2) is 7.64. The van der Waals surface area contributed by atoms with Gasteiger partial charge in [0.1, 0.15) is 5.75 Å². The van der Waals surface area contributed by atoms with Crippen molar-refractivity contribution in [2.75, 3.05) is 11.6 Å². The number of sulfone groups is 1. The number of hydrogen-bond donors (Lipinski definition) is 2. The molecule has 1 aromatic heterocycles. The molecule has 3 rings (SSSR count). The number of anilines is 1. The lowest BCUT2D eigenvalue weighted by Gasteiger charge is -2.09. The van der Waals surface area contributed by atoms with Crippen molar-refractivity contribution >= 4 is 54.6 Å². The summed E-state index contributed by atoms with van der Waals surface area (Å²) in [4.78, 5) is 12.0. The van der Waals surface area contributed by atoms with E-state index in [0.29, 0.717) is 21.6 Å². The van der Waals surface area contributed by atoms with Gasteiger partial charge in [0.2, 0.25) is 5.91 Å². The van der Waals surface area contributed by atoms with Crippen LogP contribution in [0.25, 0.3) is 10.9 Å². The molecule has 8 nitrogen and oxygen atoms in total. The van der Waals surface area contributed by atoms with E-state index in [9.17, 15) is 18.3 Å². The maximum atomic E-state index is 11.8. The number of aromatic nitrogens is 1. The first-order valence-corrected chi connectivity index (χ1v) is 11.0. The molecule has 0 fully saturated rings. The molecule has 146 valence electrons. The largest absolute Gasteiger partial charge is 0.506 e. The maximum absolute atomic E-state index is 11.8. The van der Waals surface area contributed by atoms with Crippen LogP contribution in [0.1, 0.15) is 13.8 Å². The zero-order valence-electron chi connectivity index (χ0n) is 15.4. The van der Waals surface area contributed by atoms with Crippen LogP contribution in [0.2, 0.25) is 0 Å². The van der Waals surface area contributed by atoms with Gasteiger partial charge in [-0.05, 0) is 47.9 Å². The third-order valence-electron chi connectivity index (χ3n) is 3.88. The molecule has 0 saturated heterocycles. The minimum absolute atomic E-state index is 0.0750. The van der Waals surface area contributed by atoms with Gasteiger partial charge in [-0.25, -0.2) is 8.42 Å². The summed E-state index contributed by atoms with van der Waals surface area (Å²) in [5.41, 5.74) is 1.28. The molecule has 0 aliphatic carbocycles. The van der Waals surface area contributed by atoms with Crippen molar-refractivity contribution in [3.63, 3.8) is 0 Å². The quantitative estimate of drug-likeness (QED) is 0.469. The predicted octanol–water partition coefficient (Wildman–Crippen LogP) is 4.42. The smallest absolute Gasteiger partial charge is 0.227 e. The van der Waals surface area contributed by atoms with Gasteiger partial charge in [-0.15, -0.1) is 10.2 Å². The van der Waals surface area contributed by atoms with Crippen LogP contribution in [0.5, 0.6) is 5.75 Å². The van der Waals surface area contributed by atoms with Gasteiger partial charge in [-0.1, -0.05) is 13.8 Å². The van der Waals surface area contributed by atoms with E-state index in [1.165, 1.54) is 24.3 Å². The van der Waals surface area contributed by atoms with Crippen LogP contribution in [0, 0.1) is 5.92 Å². The van der Waals surface area contributed by atoms with Gasteiger partial charge in [0, 0.05) is 17.6 Å². The molecule has 2 N–H and O–H groups in total. The molecule has 2 aromatic carbocycles. The first-order chi connectivity index (χ1) is 13.1. The third kappa shape index (κ3) is 4.34. The monoisotopic (exact) mass is 418 g/mol. The number of nitrogens with zero attached hydrogens (tertiary/aromatic N) is 3. The van der Waals surface area contributed by atoms with Crippen LogP contribution < -0.4 is 5.32 Å². The van der Waals surface area contributed by atoms with Gasteiger partial charge in [-0.2, -0.15) is 4.37 Å². The summed E-state index contributed by atoms with van der Waals surface area (Å²) in [6.07, 6.45) is 1.14. The summed E-state index contributed by atoms with van der Waals surface area (Å²) in [7, 11) is -3.35. The van der Waals surface area contributed by atoms with Gasteiger partial charge < -0.3 is 10.4 Å². The van der Waals surface area contributed by atoms with Crippen molar-refractivity contribution in [1.82, 2.24) is 4.37 Å². The number of fused-ring (bicyclic) bond motifs is 1. The standard InChI is InChI=1S/C18H18N4O4S2/c1-10(2)17(24)19-15-8-11(4-7-16(15)23)20-21-18-13-9-12(28(3,25)26)5-6-14(13)22-27-18/h4-10,23H,1-3H3,(H,19,24). The normalized spacial score (nSPS) is 12.1. The number of amides is 1. The fourth-order valence-corrected chi connectivity index (χ4v) is 3.61. The number of carbonyl (C=O) groups excluding carboxylic acids is 1. The topological polar surface area (TPSA) is 121 Å². The van der Waals surface area contributed by atoms with Gasteiger partial charge in [0.25, 0.3) is 0 Å². The number of aromatic hydroxyl groups is 1. The fourth-order valence-electron chi connectivity index (χ4n) is 2.28. The second-order valence-electron chi connectivity index (χ2n) is 6.48. The van der Waals surface area contributed by atoms with Crippen LogP contribution in [0.4, 0.5) is 16.4 Å². The summed E-state index contributed by atoms with van der Waals surface area (Å²) in [6, 6.07) is 9.12. The Hall–Kier alpha value is -2.85. The van der Waals surface area contributed by atoms with Gasteiger partial charge in [0.15, 0.2) is 14.8 Å². The van der Waals surface area contributed by atoms with E-state index in [4.69, 9.17) is 0 Å². The number of benzene rings is 2. The number of phenolic OH excluding ortho intramolecular Hbond substituents is 1. The molecule has 0 bridgehead atoms. The van der Waals surface area contributed by atoms with E-state index in [2.05, 4.69) is 19.9 Å². The first-order valence-electron chi connectivity index (χ1n) is 8.30. The average Bonchev–Trinajstić information content (AvgIpc) is 3.03. The van der Waals surface area contributed by atoms with Gasteiger partial charge in [-0.3, -0.25) is 4.79 Å². The zero-order valence-corrected chi connectivity index (χ0v) is 17.0. The number of nitrogens with one attached hydrogen (secondary N) is 1. The Labute approximate surface area is 166 Å². The summed E-state index contributed by atoms with van der Waals surface area (Å²) in [6.45, 7) is 3.49. The average molecular weight is 419 g/mol. The fraction of sp³-hybridized carbons (Fsp3) is 0.222. The number of hydrogen-bond acceptors (Lipinski definition) is 8. The van der Waals surface area contributed by atoms with E-state index in [0.717, 1.165) is 17.8 Å². The number of carbonyl (C=O) groups is 1. The summed E-state index contributed by atoms with van der Waals surface area (Å²) < 4.78 is 27.8. The molecule has 1 heterocycles. The molecule has 10 heteroatoms. The van der Waals surface area contributed by atoms with Crippen molar-refractivity contribution in [3.8, 4) is 5.75 Å². The lowest BCUT2D eigenvalue weighted by Crippen LogP contribution is -2.17. The summed E-state index contributed by atoms with van der Waals surface area (Å²) in [5, 5.41) is 21.9. The first kappa shape index (κ1) is 19.9. The minimum Gasteiger partial charge on any atom is -0.506 e. The van der Waals surface area contributed by atoms with Crippen LogP contribution in [-0.4, -0.2) is 30.1 Å². The Morgan fingerprint density at radius 2 is 1.93 bits per heavy atom. The number of phenols is 1. The van der Waals surface area contributed by atoms with Crippen molar-refractivity contribution < 1.29 is 18.3 Å². The molecule has 3 aromatic rings. The Morgan fingerprint density at radius 1 is 1.18 bits per heavy atom. The number of rotatable bonds is 5. The highest BCUT2D eigenvalue weighted by atomic mass is 32.2. The van der Waals surface area contributed by atoms with Crippen molar-refractivity contribution in [2.45, 2.75) is 18.7 Å². The Balaban J connectivity index is 1.93. The Kier molecular flexibility index (Phi) is 5.43. The molecule has 0 aliphatic rings. The Bertz CT molecular complexity index is 1180. The molecule has 0 radical (unpaired) electrons. The second-order valence-corrected chi connectivity index (χ2v) is 9.25. The third-order valence-corrected chi connectivity index (χ3v) is 5.75. The lowest BCUT2D eigenvalue weighted by molar-refractivity contribution is -0.118. The maximum Gasteiger partial charge on any atom is 0.227 e. The van der Waals surface area contributed by atoms with Crippen molar-refractivity contribution in [1.29, 1.82) is 0 Å². The molecule has 0 saturated carbocycles. The zero-order chi connectivity index (χ0) is 20.5. The molecular weight excluding hydrogens is 400 g/mol. The minimum atomic E-state index is -3.35. The van der Waals surface area contributed by atoms with Gasteiger partial charge in [0.05, 0.1) is 21.8 Å². The molecular formula is C18H18N4O4S2. The van der Waals surface area contributed by atoms with Crippen molar-refractivity contribution in [3.05, 3.63) is 36.4 Å². The van der Waals surface area contributed by atoms with E-state index in [1.807, 2.05) is 0 Å². The predicted molar refractivity (Wildman–Crippen MR) is 108 cm³/mol. The molecule has 0 spiro atoms. The van der Waals surface area contributed by atoms with Crippen LogP contribution in [0.3, 0.4) is 0 Å². The highest BCUT2D eigenvalue weighted by Gasteiger charge is 2.13. The van der Waals surface area contributed by atoms with Crippen molar-refractivity contribution in [2.24, 2.45) is 16.1 Å². The van der Waals surface area contributed by atoms with E-state index in [1.54, 1.807) is 26.0 Å². The van der Waals surface area contributed by atoms with E-state index < -0.39 is 9.84 Å². The number of azo groups is 1. The van der Waals surface area contributed by atoms with Crippen LogP contribution in [-0.2, 0) is 14.6 Å². The molecule has 0 atom stereocenters. The van der Waals surface area contributed by atoms with E-state index in [-0.39, 0.29) is 28.2 Å². The van der Waals surface area contributed by atoms with Crippen LogP contribution in [0.15, 0.2) is 51.5 Å². The molecule has 1 amide bonds. The highest BCUT2D eigenvalue weighted by molar-refractivity contribution is 7.90. The highest BCUT2D eigenvalue weighted by Crippen LogP contribution is 2.34. The van der Waals surface area contributed by atoms with E-state index >= 15 is 0 Å². The molecule has 0 unspecified atom stereocenters. The van der Waals surface area contributed by atoms with Crippen LogP contribution >= 0.6 is 11.5 Å². The molecule has 28 heavy (non-hydrogen) atoms. The Morgan fingerprint density at radius 3 is 2.61 bits per heavy atom. The van der Waals surface area contributed by atoms with Gasteiger partial charge >= 0.3 is 0 Å². The SMILES string of the molecule is CC(C)C(=O)Nc1cc(N=Nc2snc3ccc(S(C)(=O)=O)cc23)ccc1O.